The highest BCUT2D eigenvalue weighted by Crippen LogP contribution is 2.42. The standard InChI is InChI=1S/C17H15FN2O2/c18-17(14-9-5-2-6-10-14)11-19(12-17)16(21)20-15(22-20)13-7-3-1-4-8-13/h1-10,15H,11-12H2. The zero-order chi connectivity index (χ0) is 15.2. The summed E-state index contributed by atoms with van der Waals surface area (Å²) in [6.45, 7) is 0.133. The van der Waals surface area contributed by atoms with Crippen LogP contribution in [-0.4, -0.2) is 29.1 Å². The first-order valence-corrected chi connectivity index (χ1v) is 7.22. The van der Waals surface area contributed by atoms with Crippen LogP contribution in [0.2, 0.25) is 0 Å². The van der Waals surface area contributed by atoms with Crippen LogP contribution in [-0.2, 0) is 10.5 Å². The molecule has 2 heterocycles. The Balaban J connectivity index is 1.39. The smallest absolute Gasteiger partial charge is 0.315 e. The number of alkyl halides is 1. The Morgan fingerprint density at radius 3 is 2.27 bits per heavy atom. The Morgan fingerprint density at radius 1 is 1.05 bits per heavy atom. The van der Waals surface area contributed by atoms with Gasteiger partial charge in [-0.1, -0.05) is 60.7 Å². The Labute approximate surface area is 127 Å². The number of amides is 2. The van der Waals surface area contributed by atoms with Crippen molar-refractivity contribution in [3.05, 3.63) is 71.8 Å². The van der Waals surface area contributed by atoms with Crippen LogP contribution in [0.15, 0.2) is 60.7 Å². The molecular formula is C17H15FN2O2. The minimum absolute atomic E-state index is 0.0667. The van der Waals surface area contributed by atoms with E-state index in [-0.39, 0.29) is 25.3 Å². The highest BCUT2D eigenvalue weighted by atomic mass is 19.1. The van der Waals surface area contributed by atoms with E-state index in [1.807, 2.05) is 36.4 Å². The van der Waals surface area contributed by atoms with Crippen molar-refractivity contribution in [2.75, 3.05) is 13.1 Å². The Bertz CT molecular complexity index is 686. The van der Waals surface area contributed by atoms with Gasteiger partial charge in [-0.3, -0.25) is 0 Å². The van der Waals surface area contributed by atoms with Crippen LogP contribution in [0.25, 0.3) is 0 Å². The zero-order valence-corrected chi connectivity index (χ0v) is 11.9. The molecule has 0 N–H and O–H groups in total. The molecule has 112 valence electrons. The third-order valence-electron chi connectivity index (χ3n) is 4.10. The number of benzene rings is 2. The van der Waals surface area contributed by atoms with Crippen molar-refractivity contribution < 1.29 is 14.0 Å². The van der Waals surface area contributed by atoms with Gasteiger partial charge in [0.15, 0.2) is 5.67 Å². The number of urea groups is 1. The molecule has 0 saturated carbocycles. The van der Waals surface area contributed by atoms with Gasteiger partial charge in [-0.2, -0.15) is 5.06 Å². The number of carbonyl (C=O) groups is 1. The van der Waals surface area contributed by atoms with Crippen LogP contribution < -0.4 is 0 Å². The van der Waals surface area contributed by atoms with Crippen molar-refractivity contribution in [2.24, 2.45) is 0 Å². The molecule has 0 aromatic heterocycles. The summed E-state index contributed by atoms with van der Waals surface area (Å²) in [7, 11) is 0. The monoisotopic (exact) mass is 298 g/mol. The second-order valence-electron chi connectivity index (χ2n) is 5.66. The highest BCUT2D eigenvalue weighted by Gasteiger charge is 2.53. The molecule has 2 amide bonds. The van der Waals surface area contributed by atoms with Crippen molar-refractivity contribution in [1.29, 1.82) is 0 Å². The molecule has 0 radical (unpaired) electrons. The quantitative estimate of drug-likeness (QED) is 0.798. The lowest BCUT2D eigenvalue weighted by Crippen LogP contribution is -2.59. The lowest BCUT2D eigenvalue weighted by Gasteiger charge is -2.44. The largest absolute Gasteiger partial charge is 0.347 e. The van der Waals surface area contributed by atoms with E-state index in [0.29, 0.717) is 5.56 Å². The number of nitrogens with zero attached hydrogens (tertiary/aromatic N) is 2. The minimum atomic E-state index is -1.45. The molecule has 4 nitrogen and oxygen atoms in total. The third kappa shape index (κ3) is 2.14. The topological polar surface area (TPSA) is 35.9 Å². The molecule has 2 aliphatic heterocycles. The van der Waals surface area contributed by atoms with Crippen molar-refractivity contribution >= 4 is 6.03 Å². The fraction of sp³-hybridized carbons (Fsp3) is 0.235. The fourth-order valence-corrected chi connectivity index (χ4v) is 2.79. The maximum Gasteiger partial charge on any atom is 0.347 e. The van der Waals surface area contributed by atoms with Gasteiger partial charge < -0.3 is 4.90 Å². The van der Waals surface area contributed by atoms with Crippen LogP contribution in [0.5, 0.6) is 0 Å². The third-order valence-corrected chi connectivity index (χ3v) is 4.10. The van der Waals surface area contributed by atoms with E-state index in [1.165, 1.54) is 9.96 Å². The molecule has 2 aromatic carbocycles. The predicted octanol–water partition coefficient (Wildman–Crippen LogP) is 3.23. The van der Waals surface area contributed by atoms with Crippen LogP contribution in [0.3, 0.4) is 0 Å². The second-order valence-corrected chi connectivity index (χ2v) is 5.66. The molecule has 2 aromatic rings. The minimum Gasteiger partial charge on any atom is -0.315 e. The average Bonchev–Trinajstić information content (AvgIpc) is 3.33. The summed E-state index contributed by atoms with van der Waals surface area (Å²) in [5.74, 6) is 0. The number of hydroxylamine groups is 2. The van der Waals surface area contributed by atoms with E-state index in [4.69, 9.17) is 4.84 Å². The number of carbonyl (C=O) groups excluding carboxylic acids is 1. The van der Waals surface area contributed by atoms with Crippen LogP contribution in [0.1, 0.15) is 17.4 Å². The van der Waals surface area contributed by atoms with Crippen molar-refractivity contribution in [1.82, 2.24) is 9.96 Å². The fourth-order valence-electron chi connectivity index (χ4n) is 2.79. The van der Waals surface area contributed by atoms with Crippen LogP contribution in [0.4, 0.5) is 9.18 Å². The molecule has 22 heavy (non-hydrogen) atoms. The molecule has 2 fully saturated rings. The van der Waals surface area contributed by atoms with E-state index in [0.717, 1.165) is 5.56 Å². The van der Waals surface area contributed by atoms with Gasteiger partial charge >= 0.3 is 6.03 Å². The number of halogens is 1. The van der Waals surface area contributed by atoms with E-state index < -0.39 is 5.67 Å². The SMILES string of the molecule is O=C(N1CC(F)(c2ccccc2)C1)N1OC1c1ccccc1. The van der Waals surface area contributed by atoms with Crippen molar-refractivity contribution in [2.45, 2.75) is 11.9 Å². The lowest BCUT2D eigenvalue weighted by molar-refractivity contribution is -0.0202. The summed E-state index contributed by atoms with van der Waals surface area (Å²) < 4.78 is 14.7. The first-order chi connectivity index (χ1) is 10.7. The highest BCUT2D eigenvalue weighted by molar-refractivity contribution is 5.76. The summed E-state index contributed by atoms with van der Waals surface area (Å²) in [4.78, 5) is 19.0. The Kier molecular flexibility index (Phi) is 2.90. The molecule has 1 unspecified atom stereocenters. The first kappa shape index (κ1) is 13.3. The molecule has 4 rings (SSSR count). The predicted molar refractivity (Wildman–Crippen MR) is 78.3 cm³/mol. The van der Waals surface area contributed by atoms with E-state index in [2.05, 4.69) is 0 Å². The molecule has 5 heteroatoms. The van der Waals surface area contributed by atoms with Gasteiger partial charge in [-0.05, 0) is 5.56 Å². The first-order valence-electron chi connectivity index (χ1n) is 7.22. The van der Waals surface area contributed by atoms with Crippen LogP contribution >= 0.6 is 0 Å². The lowest BCUT2D eigenvalue weighted by atomic mass is 9.88. The molecule has 0 spiro atoms. The maximum atomic E-state index is 14.7. The number of likely N-dealkylation sites (tertiary alicyclic amines) is 1. The summed E-state index contributed by atoms with van der Waals surface area (Å²) in [5.41, 5.74) is 0.0890. The Hall–Kier alpha value is -2.40. The van der Waals surface area contributed by atoms with Crippen LogP contribution in [0, 0.1) is 0 Å². The van der Waals surface area contributed by atoms with Gasteiger partial charge in [0, 0.05) is 5.56 Å². The van der Waals surface area contributed by atoms with Crippen molar-refractivity contribution in [3.63, 3.8) is 0 Å². The number of hydrogen-bond donors (Lipinski definition) is 0. The summed E-state index contributed by atoms with van der Waals surface area (Å²) in [6, 6.07) is 18.2. The molecular weight excluding hydrogens is 283 g/mol. The van der Waals surface area contributed by atoms with Crippen molar-refractivity contribution in [3.8, 4) is 0 Å². The summed E-state index contributed by atoms with van der Waals surface area (Å²) in [6.07, 6.45) is -0.347. The number of hydrogen-bond acceptors (Lipinski definition) is 2. The molecule has 0 aliphatic carbocycles. The molecule has 2 aliphatic rings. The number of rotatable bonds is 2. The normalized spacial score (nSPS) is 22.1. The average molecular weight is 298 g/mol. The molecule has 2 saturated heterocycles. The van der Waals surface area contributed by atoms with E-state index in [1.54, 1.807) is 24.3 Å². The molecule has 0 bridgehead atoms. The summed E-state index contributed by atoms with van der Waals surface area (Å²) >= 11 is 0. The van der Waals surface area contributed by atoms with E-state index >= 15 is 0 Å². The van der Waals surface area contributed by atoms with Gasteiger partial charge in [0.05, 0.1) is 13.1 Å². The van der Waals surface area contributed by atoms with E-state index in [9.17, 15) is 9.18 Å². The Morgan fingerprint density at radius 2 is 1.64 bits per heavy atom. The van der Waals surface area contributed by atoms with Gasteiger partial charge in [0.1, 0.15) is 0 Å². The van der Waals surface area contributed by atoms with Gasteiger partial charge in [-0.15, -0.1) is 0 Å². The molecule has 1 atom stereocenters. The second kappa shape index (κ2) is 4.81. The maximum absolute atomic E-state index is 14.7. The zero-order valence-electron chi connectivity index (χ0n) is 11.9. The summed E-state index contributed by atoms with van der Waals surface area (Å²) in [5, 5.41) is 1.29. The van der Waals surface area contributed by atoms with Gasteiger partial charge in [-0.25, -0.2) is 14.0 Å². The van der Waals surface area contributed by atoms with Gasteiger partial charge in [0.25, 0.3) is 0 Å². The van der Waals surface area contributed by atoms with Gasteiger partial charge in [0.2, 0.25) is 6.23 Å².